The second-order valence-corrected chi connectivity index (χ2v) is 7.54. The minimum Gasteiger partial charge on any atom is -0.337 e. The Morgan fingerprint density at radius 1 is 1.15 bits per heavy atom. The average molecular weight is 352 g/mol. The molecule has 136 valence electrons. The van der Waals surface area contributed by atoms with E-state index in [4.69, 9.17) is 0 Å². The Balaban J connectivity index is 1.62. The van der Waals surface area contributed by atoms with Crippen molar-refractivity contribution in [3.05, 3.63) is 52.8 Å². The summed E-state index contributed by atoms with van der Waals surface area (Å²) in [7, 11) is 0. The summed E-state index contributed by atoms with van der Waals surface area (Å²) in [5.74, 6) is 0.659. The van der Waals surface area contributed by atoms with Crippen LogP contribution in [0, 0.1) is 25.7 Å². The van der Waals surface area contributed by atoms with E-state index < -0.39 is 0 Å². The number of fused-ring (bicyclic) bond motifs is 1. The van der Waals surface area contributed by atoms with Crippen molar-refractivity contribution in [3.8, 4) is 0 Å². The van der Waals surface area contributed by atoms with E-state index in [0.717, 1.165) is 5.69 Å². The van der Waals surface area contributed by atoms with E-state index in [2.05, 4.69) is 29.3 Å². The zero-order valence-corrected chi connectivity index (χ0v) is 15.4. The molecule has 4 rings (SSSR count). The van der Waals surface area contributed by atoms with E-state index in [1.54, 1.807) is 13.0 Å². The third-order valence-corrected chi connectivity index (χ3v) is 5.79. The Morgan fingerprint density at radius 2 is 1.92 bits per heavy atom. The maximum atomic E-state index is 12.8. The molecule has 2 aliphatic heterocycles. The first-order chi connectivity index (χ1) is 12.5. The monoisotopic (exact) mass is 352 g/mol. The van der Waals surface area contributed by atoms with Gasteiger partial charge in [-0.15, -0.1) is 0 Å². The zero-order valence-electron chi connectivity index (χ0n) is 15.4. The summed E-state index contributed by atoms with van der Waals surface area (Å²) in [6, 6.07) is 10.1. The van der Waals surface area contributed by atoms with Crippen molar-refractivity contribution >= 4 is 11.8 Å². The minimum absolute atomic E-state index is 0.0262. The molecule has 3 atom stereocenters. The molecule has 2 aromatic rings. The molecule has 26 heavy (non-hydrogen) atoms. The number of amides is 2. The molecule has 0 spiro atoms. The van der Waals surface area contributed by atoms with Gasteiger partial charge in [-0.25, -0.2) is 0 Å². The molecule has 0 bridgehead atoms. The molecular weight excluding hydrogens is 328 g/mol. The van der Waals surface area contributed by atoms with Crippen LogP contribution < -0.4 is 0 Å². The van der Waals surface area contributed by atoms with Crippen LogP contribution in [0.2, 0.25) is 0 Å². The lowest BCUT2D eigenvalue weighted by molar-refractivity contribution is -0.130. The van der Waals surface area contributed by atoms with Crippen LogP contribution >= 0.6 is 0 Å². The van der Waals surface area contributed by atoms with Crippen molar-refractivity contribution in [2.24, 2.45) is 11.8 Å². The maximum Gasteiger partial charge on any atom is 0.274 e. The number of benzene rings is 1. The zero-order chi connectivity index (χ0) is 18.4. The van der Waals surface area contributed by atoms with Crippen LogP contribution in [0.4, 0.5) is 0 Å². The predicted molar refractivity (Wildman–Crippen MR) is 97.5 cm³/mol. The van der Waals surface area contributed by atoms with Crippen molar-refractivity contribution in [1.29, 1.82) is 0 Å². The summed E-state index contributed by atoms with van der Waals surface area (Å²) in [5.41, 5.74) is 3.74. The Morgan fingerprint density at radius 3 is 2.58 bits per heavy atom. The number of aromatic nitrogens is 2. The summed E-state index contributed by atoms with van der Waals surface area (Å²) in [6.07, 6.45) is 0. The topological polar surface area (TPSA) is 69.3 Å². The Labute approximate surface area is 153 Å². The SMILES string of the molecule is CC(=O)N1C[C@H]2CN(C(=O)c3cc(C)[nH]n3)C[C@H]2[C@@H]1c1ccccc1C. The molecule has 0 saturated carbocycles. The van der Waals surface area contributed by atoms with Crippen LogP contribution in [0.1, 0.15) is 40.3 Å². The highest BCUT2D eigenvalue weighted by Gasteiger charge is 2.49. The van der Waals surface area contributed by atoms with Crippen LogP contribution in [0.15, 0.2) is 30.3 Å². The molecule has 0 aliphatic carbocycles. The van der Waals surface area contributed by atoms with Gasteiger partial charge in [0.25, 0.3) is 5.91 Å². The summed E-state index contributed by atoms with van der Waals surface area (Å²) in [4.78, 5) is 28.9. The molecule has 1 aromatic heterocycles. The van der Waals surface area contributed by atoms with Gasteiger partial charge in [-0.1, -0.05) is 24.3 Å². The van der Waals surface area contributed by atoms with Gasteiger partial charge in [0.2, 0.25) is 5.91 Å². The third-order valence-electron chi connectivity index (χ3n) is 5.79. The number of rotatable bonds is 2. The number of carbonyl (C=O) groups is 2. The molecular formula is C20H24N4O2. The fourth-order valence-electron chi connectivity index (χ4n) is 4.54. The lowest BCUT2D eigenvalue weighted by Gasteiger charge is -2.30. The molecule has 6 heteroatoms. The van der Waals surface area contributed by atoms with Gasteiger partial charge in [0.15, 0.2) is 0 Å². The Hall–Kier alpha value is -2.63. The molecule has 6 nitrogen and oxygen atoms in total. The van der Waals surface area contributed by atoms with Crippen molar-refractivity contribution < 1.29 is 9.59 Å². The summed E-state index contributed by atoms with van der Waals surface area (Å²) in [5, 5.41) is 6.95. The number of hydrogen-bond donors (Lipinski definition) is 1. The number of aryl methyl sites for hydroxylation is 2. The number of carbonyl (C=O) groups excluding carboxylic acids is 2. The van der Waals surface area contributed by atoms with E-state index in [0.29, 0.717) is 31.2 Å². The first-order valence-corrected chi connectivity index (χ1v) is 9.09. The normalized spacial score (nSPS) is 24.8. The van der Waals surface area contributed by atoms with Crippen molar-refractivity contribution in [3.63, 3.8) is 0 Å². The second kappa shape index (κ2) is 6.27. The standard InChI is InChI=1S/C20H24N4O2/c1-12-6-4-5-7-16(12)19-17-11-23(9-15(17)10-24(19)14(3)25)20(26)18-8-13(2)21-22-18/h4-8,15,17,19H,9-11H2,1-3H3,(H,21,22)/t15-,17-,19+/m1/s1. The van der Waals surface area contributed by atoms with Gasteiger partial charge in [-0.3, -0.25) is 14.7 Å². The lowest BCUT2D eigenvalue weighted by atomic mass is 9.87. The van der Waals surface area contributed by atoms with Gasteiger partial charge in [-0.05, 0) is 31.0 Å². The summed E-state index contributed by atoms with van der Waals surface area (Å²) < 4.78 is 0. The van der Waals surface area contributed by atoms with Crippen LogP contribution in [0.5, 0.6) is 0 Å². The third kappa shape index (κ3) is 2.69. The largest absolute Gasteiger partial charge is 0.337 e. The molecule has 0 radical (unpaired) electrons. The molecule has 2 fully saturated rings. The molecule has 2 amide bonds. The number of nitrogens with zero attached hydrogens (tertiary/aromatic N) is 3. The Kier molecular flexibility index (Phi) is 4.05. The van der Waals surface area contributed by atoms with Gasteiger partial charge in [-0.2, -0.15) is 5.10 Å². The fraction of sp³-hybridized carbons (Fsp3) is 0.450. The number of hydrogen-bond acceptors (Lipinski definition) is 3. The highest BCUT2D eigenvalue weighted by molar-refractivity contribution is 5.92. The van der Waals surface area contributed by atoms with Gasteiger partial charge in [0.1, 0.15) is 5.69 Å². The van der Waals surface area contributed by atoms with Gasteiger partial charge >= 0.3 is 0 Å². The quantitative estimate of drug-likeness (QED) is 0.902. The number of likely N-dealkylation sites (tertiary alicyclic amines) is 2. The van der Waals surface area contributed by atoms with Crippen molar-refractivity contribution in [1.82, 2.24) is 20.0 Å². The molecule has 3 heterocycles. The van der Waals surface area contributed by atoms with Gasteiger partial charge < -0.3 is 9.80 Å². The molecule has 1 aromatic carbocycles. The molecule has 0 unspecified atom stereocenters. The number of nitrogens with one attached hydrogen (secondary N) is 1. The van der Waals surface area contributed by atoms with Crippen molar-refractivity contribution in [2.75, 3.05) is 19.6 Å². The highest BCUT2D eigenvalue weighted by Crippen LogP contribution is 2.45. The van der Waals surface area contributed by atoms with E-state index in [1.165, 1.54) is 11.1 Å². The van der Waals surface area contributed by atoms with E-state index >= 15 is 0 Å². The van der Waals surface area contributed by atoms with E-state index in [-0.39, 0.29) is 23.8 Å². The first kappa shape index (κ1) is 16.8. The number of H-pyrrole nitrogens is 1. The van der Waals surface area contributed by atoms with Gasteiger partial charge in [0, 0.05) is 44.1 Å². The average Bonchev–Trinajstić information content (AvgIpc) is 3.28. The molecule has 1 N–H and O–H groups in total. The predicted octanol–water partition coefficient (Wildman–Crippen LogP) is 2.32. The summed E-state index contributed by atoms with van der Waals surface area (Å²) in [6.45, 7) is 7.68. The molecule has 2 aliphatic rings. The fourth-order valence-corrected chi connectivity index (χ4v) is 4.54. The maximum absolute atomic E-state index is 12.8. The lowest BCUT2D eigenvalue weighted by Crippen LogP contribution is -2.36. The van der Waals surface area contributed by atoms with Crippen LogP contribution in [0.25, 0.3) is 0 Å². The highest BCUT2D eigenvalue weighted by atomic mass is 16.2. The van der Waals surface area contributed by atoms with E-state index in [9.17, 15) is 9.59 Å². The number of aromatic amines is 1. The summed E-state index contributed by atoms with van der Waals surface area (Å²) >= 11 is 0. The first-order valence-electron chi connectivity index (χ1n) is 9.09. The van der Waals surface area contributed by atoms with Crippen molar-refractivity contribution in [2.45, 2.75) is 26.8 Å². The second-order valence-electron chi connectivity index (χ2n) is 7.54. The van der Waals surface area contributed by atoms with Crippen LogP contribution in [-0.4, -0.2) is 51.4 Å². The van der Waals surface area contributed by atoms with Crippen LogP contribution in [-0.2, 0) is 4.79 Å². The Bertz CT molecular complexity index is 859. The smallest absolute Gasteiger partial charge is 0.274 e. The molecule has 2 saturated heterocycles. The minimum atomic E-state index is -0.0262. The van der Waals surface area contributed by atoms with Crippen LogP contribution in [0.3, 0.4) is 0 Å². The van der Waals surface area contributed by atoms with Gasteiger partial charge in [0.05, 0.1) is 6.04 Å². The van der Waals surface area contributed by atoms with E-state index in [1.807, 2.05) is 28.9 Å².